The number of nitrogens with zero attached hydrogens (tertiary/aromatic N) is 2. The molecule has 1 N–H and O–H groups in total. The molecule has 1 aliphatic rings. The summed E-state index contributed by atoms with van der Waals surface area (Å²) in [5.41, 5.74) is 7.66. The number of ether oxygens (including phenoxy) is 2. The highest BCUT2D eigenvalue weighted by Gasteiger charge is 2.26. The second kappa shape index (κ2) is 9.21. The van der Waals surface area contributed by atoms with E-state index in [1.165, 1.54) is 16.7 Å². The fraction of sp³-hybridized carbons (Fsp3) is 0.286. The SMILES string of the molecule is CCOc1nc2ccccc2n1-c1cccc(CCc2ccc3c(c2)OC[C@H]3CC(=O)O)c1C. The number of para-hydroxylation sites is 2. The zero-order valence-corrected chi connectivity index (χ0v) is 19.5. The first-order chi connectivity index (χ1) is 16.5. The van der Waals surface area contributed by atoms with Crippen LogP contribution in [-0.2, 0) is 17.6 Å². The molecule has 34 heavy (non-hydrogen) atoms. The van der Waals surface area contributed by atoms with Gasteiger partial charge in [-0.05, 0) is 67.6 Å². The number of hydrogen-bond acceptors (Lipinski definition) is 4. The molecule has 1 aromatic heterocycles. The third-order valence-corrected chi connectivity index (χ3v) is 6.52. The van der Waals surface area contributed by atoms with Crippen LogP contribution in [0.15, 0.2) is 60.7 Å². The van der Waals surface area contributed by atoms with Gasteiger partial charge in [-0.2, -0.15) is 4.98 Å². The lowest BCUT2D eigenvalue weighted by Crippen LogP contribution is -2.07. The number of aliphatic carboxylic acids is 1. The number of carbonyl (C=O) groups is 1. The van der Waals surface area contributed by atoms with Gasteiger partial charge in [0.05, 0.1) is 36.4 Å². The first-order valence-corrected chi connectivity index (χ1v) is 11.7. The van der Waals surface area contributed by atoms with Crippen molar-refractivity contribution in [2.45, 2.75) is 39.0 Å². The number of fused-ring (bicyclic) bond motifs is 2. The van der Waals surface area contributed by atoms with Crippen molar-refractivity contribution in [3.63, 3.8) is 0 Å². The van der Waals surface area contributed by atoms with Crippen molar-refractivity contribution in [2.24, 2.45) is 0 Å². The molecule has 0 saturated heterocycles. The van der Waals surface area contributed by atoms with Crippen LogP contribution in [0, 0.1) is 6.92 Å². The maximum Gasteiger partial charge on any atom is 0.304 e. The third-order valence-electron chi connectivity index (χ3n) is 6.52. The molecule has 0 unspecified atom stereocenters. The van der Waals surface area contributed by atoms with E-state index in [9.17, 15) is 4.79 Å². The summed E-state index contributed by atoms with van der Waals surface area (Å²) in [6.07, 6.45) is 1.85. The van der Waals surface area contributed by atoms with Crippen LogP contribution < -0.4 is 9.47 Å². The number of aryl methyl sites for hydroxylation is 2. The predicted molar refractivity (Wildman–Crippen MR) is 131 cm³/mol. The van der Waals surface area contributed by atoms with Crippen LogP contribution in [0.3, 0.4) is 0 Å². The number of hydrogen-bond donors (Lipinski definition) is 1. The van der Waals surface area contributed by atoms with E-state index in [0.717, 1.165) is 40.9 Å². The number of carboxylic acid groups (broad SMARTS) is 1. The number of carboxylic acids is 1. The number of benzene rings is 3. The highest BCUT2D eigenvalue weighted by molar-refractivity contribution is 5.79. The van der Waals surface area contributed by atoms with Gasteiger partial charge in [0, 0.05) is 11.5 Å². The largest absolute Gasteiger partial charge is 0.493 e. The lowest BCUT2D eigenvalue weighted by atomic mass is 9.94. The fourth-order valence-electron chi connectivity index (χ4n) is 4.78. The zero-order valence-electron chi connectivity index (χ0n) is 19.5. The molecule has 3 aromatic carbocycles. The lowest BCUT2D eigenvalue weighted by Gasteiger charge is -2.15. The summed E-state index contributed by atoms with van der Waals surface area (Å²) in [7, 11) is 0. The summed E-state index contributed by atoms with van der Waals surface area (Å²) in [4.78, 5) is 15.8. The molecule has 0 fully saturated rings. The van der Waals surface area contributed by atoms with Crippen molar-refractivity contribution in [1.29, 1.82) is 0 Å². The molecule has 0 radical (unpaired) electrons. The van der Waals surface area contributed by atoms with Gasteiger partial charge in [-0.1, -0.05) is 36.4 Å². The Morgan fingerprint density at radius 2 is 2.00 bits per heavy atom. The Kier molecular flexibility index (Phi) is 5.97. The predicted octanol–water partition coefficient (Wildman–Crippen LogP) is 5.47. The van der Waals surface area contributed by atoms with Crippen LogP contribution in [0.25, 0.3) is 16.7 Å². The quantitative estimate of drug-likeness (QED) is 0.381. The summed E-state index contributed by atoms with van der Waals surface area (Å²) < 4.78 is 13.8. The molecule has 0 spiro atoms. The second-order valence-corrected chi connectivity index (χ2v) is 8.69. The van der Waals surface area contributed by atoms with E-state index in [0.29, 0.717) is 19.2 Å². The molecule has 0 amide bonds. The molecule has 6 nitrogen and oxygen atoms in total. The van der Waals surface area contributed by atoms with Crippen molar-refractivity contribution >= 4 is 17.0 Å². The Hall–Kier alpha value is -3.80. The Morgan fingerprint density at radius 3 is 2.82 bits per heavy atom. The van der Waals surface area contributed by atoms with E-state index in [1.54, 1.807) is 0 Å². The topological polar surface area (TPSA) is 73.6 Å². The molecule has 5 rings (SSSR count). The molecule has 1 aliphatic heterocycles. The minimum absolute atomic E-state index is 0.0648. The fourth-order valence-corrected chi connectivity index (χ4v) is 4.78. The van der Waals surface area contributed by atoms with Crippen molar-refractivity contribution in [1.82, 2.24) is 9.55 Å². The van der Waals surface area contributed by atoms with Crippen molar-refractivity contribution in [3.05, 3.63) is 82.9 Å². The monoisotopic (exact) mass is 456 g/mol. The van der Waals surface area contributed by atoms with Gasteiger partial charge in [0.1, 0.15) is 5.75 Å². The Morgan fingerprint density at radius 1 is 1.15 bits per heavy atom. The van der Waals surface area contributed by atoms with E-state index >= 15 is 0 Å². The highest BCUT2D eigenvalue weighted by Crippen LogP contribution is 2.37. The second-order valence-electron chi connectivity index (χ2n) is 8.69. The minimum Gasteiger partial charge on any atom is -0.493 e. The molecule has 1 atom stereocenters. The first kappa shape index (κ1) is 22.0. The molecule has 0 saturated carbocycles. The summed E-state index contributed by atoms with van der Waals surface area (Å²) >= 11 is 0. The van der Waals surface area contributed by atoms with E-state index in [2.05, 4.69) is 47.9 Å². The number of rotatable bonds is 8. The number of imidazole rings is 1. The normalized spacial score (nSPS) is 14.7. The van der Waals surface area contributed by atoms with Crippen molar-refractivity contribution in [2.75, 3.05) is 13.2 Å². The minimum atomic E-state index is -0.793. The van der Waals surface area contributed by atoms with Gasteiger partial charge < -0.3 is 14.6 Å². The van der Waals surface area contributed by atoms with E-state index in [-0.39, 0.29) is 12.3 Å². The van der Waals surface area contributed by atoms with Crippen LogP contribution in [-0.4, -0.2) is 33.8 Å². The van der Waals surface area contributed by atoms with E-state index < -0.39 is 5.97 Å². The van der Waals surface area contributed by atoms with Gasteiger partial charge in [0.2, 0.25) is 0 Å². The molecular weight excluding hydrogens is 428 g/mol. The molecule has 0 aliphatic carbocycles. The molecule has 174 valence electrons. The average Bonchev–Trinajstić information content (AvgIpc) is 3.39. The lowest BCUT2D eigenvalue weighted by molar-refractivity contribution is -0.137. The Labute approximate surface area is 198 Å². The summed E-state index contributed by atoms with van der Waals surface area (Å²) in [6.45, 7) is 5.11. The maximum atomic E-state index is 11.1. The molecular formula is C28H28N2O4. The van der Waals surface area contributed by atoms with Gasteiger partial charge in [0.25, 0.3) is 0 Å². The molecule has 4 aromatic rings. The van der Waals surface area contributed by atoms with Gasteiger partial charge in [-0.3, -0.25) is 9.36 Å². The number of aromatic nitrogens is 2. The third kappa shape index (κ3) is 4.12. The Bertz CT molecular complexity index is 1360. The molecule has 2 heterocycles. The standard InChI is InChI=1S/C28H28N2O4/c1-3-33-28-29-23-8-4-5-9-25(23)30(28)24-10-6-7-20(18(24)2)13-11-19-12-14-22-21(16-27(31)32)17-34-26(22)15-19/h4-10,12,14-15,21H,3,11,13,16-17H2,1-2H3,(H,31,32)/t21-/m1/s1. The van der Waals surface area contributed by atoms with E-state index in [1.807, 2.05) is 31.2 Å². The summed E-state index contributed by atoms with van der Waals surface area (Å²) in [5.74, 6) is -0.0375. The van der Waals surface area contributed by atoms with Crippen LogP contribution in [0.4, 0.5) is 0 Å². The zero-order chi connectivity index (χ0) is 23.7. The van der Waals surface area contributed by atoms with Gasteiger partial charge >= 0.3 is 12.0 Å². The maximum absolute atomic E-state index is 11.1. The molecule has 6 heteroatoms. The van der Waals surface area contributed by atoms with Crippen LogP contribution in [0.2, 0.25) is 0 Å². The average molecular weight is 457 g/mol. The van der Waals surface area contributed by atoms with Gasteiger partial charge in [-0.15, -0.1) is 0 Å². The van der Waals surface area contributed by atoms with Crippen molar-refractivity contribution < 1.29 is 19.4 Å². The smallest absolute Gasteiger partial charge is 0.304 e. The van der Waals surface area contributed by atoms with Gasteiger partial charge in [-0.25, -0.2) is 0 Å². The summed E-state index contributed by atoms with van der Waals surface area (Å²) in [6, 6.07) is 21.2. The summed E-state index contributed by atoms with van der Waals surface area (Å²) in [5, 5.41) is 9.12. The molecule has 0 bridgehead atoms. The van der Waals surface area contributed by atoms with E-state index in [4.69, 9.17) is 19.6 Å². The van der Waals surface area contributed by atoms with Crippen molar-refractivity contribution in [3.8, 4) is 17.4 Å². The Balaban J connectivity index is 1.40. The van der Waals surface area contributed by atoms with Crippen LogP contribution >= 0.6 is 0 Å². The van der Waals surface area contributed by atoms with Crippen LogP contribution in [0.5, 0.6) is 11.8 Å². The highest BCUT2D eigenvalue weighted by atomic mass is 16.5. The van der Waals surface area contributed by atoms with Crippen LogP contribution in [0.1, 0.15) is 41.5 Å². The first-order valence-electron chi connectivity index (χ1n) is 11.7. The van der Waals surface area contributed by atoms with Gasteiger partial charge in [0.15, 0.2) is 0 Å².